The molecule has 0 aliphatic rings. The maximum absolute atomic E-state index is 2.60. The zero-order valence-corrected chi connectivity index (χ0v) is 40.1. The second-order valence-electron chi connectivity index (χ2n) is 24.0. The highest BCUT2D eigenvalue weighted by molar-refractivity contribution is 6.18. The Morgan fingerprint density at radius 1 is 0.362 bits per heavy atom. The van der Waals surface area contributed by atoms with Gasteiger partial charge in [-0.15, -0.1) is 0 Å². The van der Waals surface area contributed by atoms with Crippen molar-refractivity contribution in [3.05, 3.63) is 124 Å². The molecule has 308 valence electrons. The number of fused-ring (bicyclic) bond motifs is 3. The molecule has 0 N–H and O–H groups in total. The van der Waals surface area contributed by atoms with Crippen LogP contribution in [-0.2, 0) is 32.5 Å². The van der Waals surface area contributed by atoms with Gasteiger partial charge >= 0.3 is 0 Å². The highest BCUT2D eigenvalue weighted by Crippen LogP contribution is 2.48. The predicted octanol–water partition coefficient (Wildman–Crippen LogP) is 17.0. The molecule has 0 unspecified atom stereocenters. The molecule has 6 aromatic rings. The van der Waals surface area contributed by atoms with Crippen molar-refractivity contribution in [1.29, 1.82) is 0 Å². The first-order chi connectivity index (χ1) is 26.4. The van der Waals surface area contributed by atoms with Gasteiger partial charge in [0.15, 0.2) is 0 Å². The van der Waals surface area contributed by atoms with Crippen LogP contribution in [0.1, 0.15) is 183 Å². The second kappa shape index (κ2) is 14.3. The van der Waals surface area contributed by atoms with Crippen molar-refractivity contribution < 1.29 is 0 Å². The lowest BCUT2D eigenvalue weighted by Crippen LogP contribution is -2.17. The summed E-state index contributed by atoms with van der Waals surface area (Å²) in [6.07, 6.45) is 0. The average molecular weight is 774 g/mol. The lowest BCUT2D eigenvalue weighted by atomic mass is 9.77. The van der Waals surface area contributed by atoms with Gasteiger partial charge in [-0.1, -0.05) is 199 Å². The first kappa shape index (κ1) is 43.5. The van der Waals surface area contributed by atoms with E-state index in [0.717, 1.165) is 0 Å². The molecule has 0 spiro atoms. The molecule has 0 aliphatic heterocycles. The van der Waals surface area contributed by atoms with E-state index in [0.29, 0.717) is 0 Å². The Morgan fingerprint density at radius 3 is 1.07 bits per heavy atom. The Kier molecular flexibility index (Phi) is 10.7. The molecule has 58 heavy (non-hydrogen) atoms. The van der Waals surface area contributed by atoms with Crippen LogP contribution in [0.4, 0.5) is 0 Å². The van der Waals surface area contributed by atoms with Gasteiger partial charge in [-0.2, -0.15) is 0 Å². The highest BCUT2D eigenvalue weighted by Gasteiger charge is 2.29. The van der Waals surface area contributed by atoms with E-state index in [1.807, 2.05) is 0 Å². The molecular weight excluding hydrogens is 699 g/mol. The van der Waals surface area contributed by atoms with Crippen molar-refractivity contribution in [3.63, 3.8) is 0 Å². The normalized spacial score (nSPS) is 13.7. The molecule has 5 aromatic carbocycles. The summed E-state index contributed by atoms with van der Waals surface area (Å²) in [6.45, 7) is 47.0. The lowest BCUT2D eigenvalue weighted by Gasteiger charge is -2.27. The van der Waals surface area contributed by atoms with Crippen molar-refractivity contribution in [3.8, 4) is 27.9 Å². The Labute approximate surface area is 353 Å². The average Bonchev–Trinajstić information content (AvgIpc) is 3.43. The van der Waals surface area contributed by atoms with Gasteiger partial charge in [0, 0.05) is 16.5 Å². The number of hydrogen-bond donors (Lipinski definition) is 0. The fourth-order valence-corrected chi connectivity index (χ4v) is 8.45. The van der Waals surface area contributed by atoms with Crippen LogP contribution in [0.25, 0.3) is 49.7 Å². The smallest absolute Gasteiger partial charge is 0.0547 e. The number of hydrogen-bond acceptors (Lipinski definition) is 0. The molecular formula is C57H75N. The molecule has 1 heteroatoms. The van der Waals surface area contributed by atoms with Crippen LogP contribution in [0.15, 0.2) is 84.9 Å². The van der Waals surface area contributed by atoms with Gasteiger partial charge in [-0.25, -0.2) is 0 Å². The van der Waals surface area contributed by atoms with E-state index in [1.54, 1.807) is 0 Å². The minimum atomic E-state index is -0.00419. The van der Waals surface area contributed by atoms with Crippen LogP contribution < -0.4 is 0 Å². The van der Waals surface area contributed by atoms with Crippen molar-refractivity contribution in [1.82, 2.24) is 4.57 Å². The van der Waals surface area contributed by atoms with Crippen molar-refractivity contribution in [2.24, 2.45) is 0 Å². The zero-order valence-electron chi connectivity index (χ0n) is 40.1. The van der Waals surface area contributed by atoms with Gasteiger partial charge in [0.2, 0.25) is 0 Å². The monoisotopic (exact) mass is 774 g/mol. The predicted molar refractivity (Wildman–Crippen MR) is 258 cm³/mol. The van der Waals surface area contributed by atoms with Crippen molar-refractivity contribution in [2.75, 3.05) is 0 Å². The maximum atomic E-state index is 2.60. The topological polar surface area (TPSA) is 4.93 Å². The van der Waals surface area contributed by atoms with Crippen LogP contribution in [0, 0.1) is 0 Å². The lowest BCUT2D eigenvalue weighted by molar-refractivity contribution is 0.567. The molecule has 0 atom stereocenters. The summed E-state index contributed by atoms with van der Waals surface area (Å²) in [6, 6.07) is 34.1. The zero-order chi connectivity index (χ0) is 43.3. The van der Waals surface area contributed by atoms with Crippen LogP contribution >= 0.6 is 0 Å². The van der Waals surface area contributed by atoms with Crippen LogP contribution in [0.2, 0.25) is 0 Å². The molecule has 0 fully saturated rings. The molecule has 1 nitrogen and oxygen atoms in total. The standard InChI is InChI=1S/C57H75N/c1-35(2)49-46(37-28-40(54(9,10)11)31-41(29-37)55(12,13)14)24-25-48-51(49)50-45(36-26-38(52(3,4)5)30-39(27-36)53(6,7)8)22-21-23-47(50)58(48)44-33-42(56(15,16)17)32-43(34-44)57(18,19)20/h21-35H,1-20H3. The molecule has 1 aromatic heterocycles. The number of nitrogens with zero attached hydrogens (tertiary/aromatic N) is 1. The molecule has 0 saturated heterocycles. The van der Waals surface area contributed by atoms with Crippen molar-refractivity contribution >= 4 is 21.8 Å². The van der Waals surface area contributed by atoms with Gasteiger partial charge in [0.1, 0.15) is 0 Å². The van der Waals surface area contributed by atoms with E-state index in [1.165, 1.54) is 88.7 Å². The largest absolute Gasteiger partial charge is 0.309 e. The first-order valence-corrected chi connectivity index (χ1v) is 22.0. The Morgan fingerprint density at radius 2 is 0.707 bits per heavy atom. The summed E-state index contributed by atoms with van der Waals surface area (Å²) in [5.74, 6) is 0.277. The molecule has 0 amide bonds. The molecule has 0 saturated carbocycles. The third kappa shape index (κ3) is 8.35. The first-order valence-electron chi connectivity index (χ1n) is 22.0. The van der Waals surface area contributed by atoms with E-state index < -0.39 is 0 Å². The molecule has 0 aliphatic carbocycles. The maximum Gasteiger partial charge on any atom is 0.0547 e. The van der Waals surface area contributed by atoms with E-state index in [-0.39, 0.29) is 38.4 Å². The highest BCUT2D eigenvalue weighted by atomic mass is 15.0. The Balaban J connectivity index is 1.87. The number of aromatic nitrogens is 1. The summed E-state index contributed by atoms with van der Waals surface area (Å²) >= 11 is 0. The minimum Gasteiger partial charge on any atom is -0.309 e. The fourth-order valence-electron chi connectivity index (χ4n) is 8.45. The van der Waals surface area contributed by atoms with Crippen LogP contribution in [0.3, 0.4) is 0 Å². The van der Waals surface area contributed by atoms with Gasteiger partial charge in [0.25, 0.3) is 0 Å². The third-order valence-corrected chi connectivity index (χ3v) is 12.4. The molecule has 6 rings (SSSR count). The summed E-state index contributed by atoms with van der Waals surface area (Å²) in [5, 5.41) is 2.71. The van der Waals surface area contributed by atoms with Gasteiger partial charge in [0.05, 0.1) is 11.0 Å². The Bertz CT molecular complexity index is 2410. The van der Waals surface area contributed by atoms with Crippen LogP contribution in [-0.4, -0.2) is 4.57 Å². The van der Waals surface area contributed by atoms with Gasteiger partial charge < -0.3 is 4.57 Å². The molecule has 0 bridgehead atoms. The Hall–Kier alpha value is -4.10. The molecule has 1 heterocycles. The van der Waals surface area contributed by atoms with Gasteiger partial charge in [-0.05, 0) is 124 Å². The summed E-state index contributed by atoms with van der Waals surface area (Å²) in [5.41, 5.74) is 18.7. The number of benzene rings is 5. The summed E-state index contributed by atoms with van der Waals surface area (Å²) < 4.78 is 2.60. The van der Waals surface area contributed by atoms with Crippen molar-refractivity contribution in [2.45, 2.75) is 177 Å². The van der Waals surface area contributed by atoms with Crippen LogP contribution in [0.5, 0.6) is 0 Å². The SMILES string of the molecule is CC(C)c1c(-c2cc(C(C)(C)C)cc(C(C)(C)C)c2)ccc2c1c1c(-c3cc(C(C)(C)C)cc(C(C)(C)C)c3)cccc1n2-c1cc(C(C)(C)C)cc(C(C)(C)C)c1. The summed E-state index contributed by atoms with van der Waals surface area (Å²) in [4.78, 5) is 0. The third-order valence-electron chi connectivity index (χ3n) is 12.4. The number of rotatable bonds is 4. The van der Waals surface area contributed by atoms with Gasteiger partial charge in [-0.3, -0.25) is 0 Å². The van der Waals surface area contributed by atoms with E-state index in [4.69, 9.17) is 0 Å². The molecule has 0 radical (unpaired) electrons. The fraction of sp³-hybridized carbons (Fsp3) is 0.474. The van der Waals surface area contributed by atoms with E-state index in [2.05, 4.69) is 228 Å². The second-order valence-corrected chi connectivity index (χ2v) is 24.0. The van der Waals surface area contributed by atoms with E-state index in [9.17, 15) is 0 Å². The summed E-state index contributed by atoms with van der Waals surface area (Å²) in [7, 11) is 0. The van der Waals surface area contributed by atoms with E-state index >= 15 is 0 Å². The quantitative estimate of drug-likeness (QED) is 0.168. The minimum absolute atomic E-state index is 0.00419.